The number of nitrogens with one attached hydrogen (secondary N) is 1. The molecular weight excluding hydrogens is 347 g/mol. The third kappa shape index (κ3) is 4.35. The largest absolute Gasteiger partial charge is 0.310 e. The highest BCUT2D eigenvalue weighted by Gasteiger charge is 2.26. The SMILES string of the molecule is CCS(=O)(=O)N1CCC(NCc2c(C)nn(C)c2Cl)CC1.Cl. The summed E-state index contributed by atoms with van der Waals surface area (Å²) in [4.78, 5) is 0. The second kappa shape index (κ2) is 7.97. The van der Waals surface area contributed by atoms with Gasteiger partial charge in [-0.3, -0.25) is 4.68 Å². The van der Waals surface area contributed by atoms with Crippen LogP contribution in [0.25, 0.3) is 0 Å². The molecule has 6 nitrogen and oxygen atoms in total. The fourth-order valence-corrected chi connectivity index (χ4v) is 4.02. The maximum absolute atomic E-state index is 11.8. The molecule has 1 saturated heterocycles. The van der Waals surface area contributed by atoms with Gasteiger partial charge < -0.3 is 5.32 Å². The summed E-state index contributed by atoms with van der Waals surface area (Å²) in [5.74, 6) is 0.176. The Kier molecular flexibility index (Phi) is 7.14. The van der Waals surface area contributed by atoms with Crippen LogP contribution in [0.1, 0.15) is 31.0 Å². The van der Waals surface area contributed by atoms with Crippen LogP contribution in [0.15, 0.2) is 0 Å². The minimum Gasteiger partial charge on any atom is -0.310 e. The molecule has 22 heavy (non-hydrogen) atoms. The van der Waals surface area contributed by atoms with Crippen LogP contribution >= 0.6 is 24.0 Å². The highest BCUT2D eigenvalue weighted by Crippen LogP contribution is 2.20. The molecule has 0 aliphatic carbocycles. The minimum absolute atomic E-state index is 0. The number of aryl methyl sites for hydroxylation is 2. The van der Waals surface area contributed by atoms with Gasteiger partial charge in [0.1, 0.15) is 5.15 Å². The first-order valence-electron chi connectivity index (χ1n) is 7.24. The second-order valence-electron chi connectivity index (χ2n) is 5.43. The van der Waals surface area contributed by atoms with E-state index < -0.39 is 10.0 Å². The lowest BCUT2D eigenvalue weighted by atomic mass is 10.1. The number of nitrogens with zero attached hydrogens (tertiary/aromatic N) is 3. The second-order valence-corrected chi connectivity index (χ2v) is 8.05. The summed E-state index contributed by atoms with van der Waals surface area (Å²) in [6, 6.07) is 0.323. The highest BCUT2D eigenvalue weighted by atomic mass is 35.5. The Balaban J connectivity index is 0.00000242. The zero-order chi connectivity index (χ0) is 15.6. The van der Waals surface area contributed by atoms with Gasteiger partial charge >= 0.3 is 0 Å². The highest BCUT2D eigenvalue weighted by molar-refractivity contribution is 7.89. The van der Waals surface area contributed by atoms with Gasteiger partial charge in [-0.05, 0) is 26.7 Å². The molecule has 1 fully saturated rings. The van der Waals surface area contributed by atoms with Gasteiger partial charge in [-0.15, -0.1) is 12.4 Å². The average Bonchev–Trinajstić information content (AvgIpc) is 2.71. The Morgan fingerprint density at radius 2 is 1.95 bits per heavy atom. The lowest BCUT2D eigenvalue weighted by Crippen LogP contribution is -2.45. The van der Waals surface area contributed by atoms with Crippen LogP contribution < -0.4 is 5.32 Å². The lowest BCUT2D eigenvalue weighted by Gasteiger charge is -2.31. The van der Waals surface area contributed by atoms with Crippen molar-refractivity contribution in [3.8, 4) is 0 Å². The molecule has 2 heterocycles. The Morgan fingerprint density at radius 1 is 1.36 bits per heavy atom. The zero-order valence-corrected chi connectivity index (χ0v) is 15.6. The first-order valence-corrected chi connectivity index (χ1v) is 9.23. The summed E-state index contributed by atoms with van der Waals surface area (Å²) in [6.07, 6.45) is 1.66. The summed E-state index contributed by atoms with van der Waals surface area (Å²) in [6.45, 7) is 5.48. The van der Waals surface area contributed by atoms with E-state index in [1.165, 1.54) is 0 Å². The normalized spacial score (nSPS) is 17.5. The molecule has 2 rings (SSSR count). The summed E-state index contributed by atoms with van der Waals surface area (Å²) >= 11 is 6.21. The van der Waals surface area contributed by atoms with E-state index in [1.807, 2.05) is 14.0 Å². The third-order valence-electron chi connectivity index (χ3n) is 4.05. The van der Waals surface area contributed by atoms with E-state index in [-0.39, 0.29) is 18.2 Å². The molecule has 1 aromatic heterocycles. The minimum atomic E-state index is -3.05. The lowest BCUT2D eigenvalue weighted by molar-refractivity contribution is 0.289. The van der Waals surface area contributed by atoms with Crippen molar-refractivity contribution in [1.82, 2.24) is 19.4 Å². The number of aromatic nitrogens is 2. The molecule has 0 radical (unpaired) electrons. The fraction of sp³-hybridized carbons (Fsp3) is 0.769. The van der Waals surface area contributed by atoms with Gasteiger partial charge in [0.2, 0.25) is 10.0 Å². The van der Waals surface area contributed by atoms with Crippen molar-refractivity contribution >= 4 is 34.0 Å². The molecule has 1 aromatic rings. The van der Waals surface area contributed by atoms with Crippen LogP contribution in [0.5, 0.6) is 0 Å². The molecule has 0 saturated carbocycles. The third-order valence-corrected chi connectivity index (χ3v) is 6.40. The first-order chi connectivity index (χ1) is 9.85. The monoisotopic (exact) mass is 370 g/mol. The molecule has 1 N–H and O–H groups in total. The van der Waals surface area contributed by atoms with E-state index in [1.54, 1.807) is 15.9 Å². The van der Waals surface area contributed by atoms with Gasteiger partial charge in [-0.25, -0.2) is 12.7 Å². The van der Waals surface area contributed by atoms with Gasteiger partial charge in [0.05, 0.1) is 11.4 Å². The number of piperidine rings is 1. The molecule has 0 bridgehead atoms. The van der Waals surface area contributed by atoms with Crippen molar-refractivity contribution in [1.29, 1.82) is 0 Å². The van der Waals surface area contributed by atoms with E-state index in [0.717, 1.165) is 24.1 Å². The van der Waals surface area contributed by atoms with E-state index >= 15 is 0 Å². The summed E-state index contributed by atoms with van der Waals surface area (Å²) in [7, 11) is -1.22. The van der Waals surface area contributed by atoms with Gasteiger partial charge in [-0.2, -0.15) is 5.10 Å². The maximum Gasteiger partial charge on any atom is 0.213 e. The Morgan fingerprint density at radius 3 is 2.41 bits per heavy atom. The van der Waals surface area contributed by atoms with E-state index in [9.17, 15) is 8.42 Å². The predicted molar refractivity (Wildman–Crippen MR) is 91.1 cm³/mol. The number of hydrogen-bond donors (Lipinski definition) is 1. The fourth-order valence-electron chi connectivity index (χ4n) is 2.64. The topological polar surface area (TPSA) is 67.2 Å². The molecule has 0 spiro atoms. The van der Waals surface area contributed by atoms with Gasteiger partial charge in [0.25, 0.3) is 0 Å². The van der Waals surface area contributed by atoms with E-state index in [4.69, 9.17) is 11.6 Å². The summed E-state index contributed by atoms with van der Waals surface area (Å²) in [5.41, 5.74) is 1.95. The van der Waals surface area contributed by atoms with Crippen molar-refractivity contribution < 1.29 is 8.42 Å². The Hall–Kier alpha value is -0.340. The van der Waals surface area contributed by atoms with E-state index in [0.29, 0.717) is 30.8 Å². The molecule has 1 aliphatic rings. The zero-order valence-electron chi connectivity index (χ0n) is 13.2. The molecule has 0 amide bonds. The van der Waals surface area contributed by atoms with Crippen LogP contribution in [0.4, 0.5) is 0 Å². The van der Waals surface area contributed by atoms with Gasteiger partial charge in [-0.1, -0.05) is 11.6 Å². The van der Waals surface area contributed by atoms with Crippen LogP contribution in [0.2, 0.25) is 5.15 Å². The molecule has 9 heteroatoms. The molecule has 0 aromatic carbocycles. The number of halogens is 2. The number of rotatable bonds is 5. The summed E-state index contributed by atoms with van der Waals surface area (Å²) < 4.78 is 26.9. The van der Waals surface area contributed by atoms with E-state index in [2.05, 4.69) is 10.4 Å². The smallest absolute Gasteiger partial charge is 0.213 e. The quantitative estimate of drug-likeness (QED) is 0.856. The molecule has 0 unspecified atom stereocenters. The average molecular weight is 371 g/mol. The Bertz CT molecular complexity index is 595. The van der Waals surface area contributed by atoms with Crippen molar-refractivity contribution in [2.75, 3.05) is 18.8 Å². The van der Waals surface area contributed by atoms with Crippen molar-refractivity contribution in [3.63, 3.8) is 0 Å². The van der Waals surface area contributed by atoms with Crippen molar-refractivity contribution in [2.45, 2.75) is 39.3 Å². The van der Waals surface area contributed by atoms with Crippen LogP contribution in [-0.4, -0.2) is 47.4 Å². The Labute approximate surface area is 143 Å². The van der Waals surface area contributed by atoms with Crippen molar-refractivity contribution in [2.24, 2.45) is 7.05 Å². The molecule has 1 aliphatic heterocycles. The van der Waals surface area contributed by atoms with Crippen LogP contribution in [-0.2, 0) is 23.6 Å². The molecule has 128 valence electrons. The number of sulfonamides is 1. The first kappa shape index (κ1) is 19.7. The van der Waals surface area contributed by atoms with Crippen molar-refractivity contribution in [3.05, 3.63) is 16.4 Å². The number of hydrogen-bond acceptors (Lipinski definition) is 4. The van der Waals surface area contributed by atoms with Gasteiger partial charge in [0, 0.05) is 38.3 Å². The predicted octanol–water partition coefficient (Wildman–Crippen LogP) is 1.71. The maximum atomic E-state index is 11.8. The van der Waals surface area contributed by atoms with Crippen LogP contribution in [0, 0.1) is 6.92 Å². The van der Waals surface area contributed by atoms with Crippen LogP contribution in [0.3, 0.4) is 0 Å². The molecular formula is C13H24Cl2N4O2S. The summed E-state index contributed by atoms with van der Waals surface area (Å²) in [5, 5.41) is 8.41. The standard InChI is InChI=1S/C13H23ClN4O2S.ClH/c1-4-21(19,20)18-7-5-11(6-8-18)15-9-12-10(2)16-17(3)13(12)14;/h11,15H,4-9H2,1-3H3;1H. The van der Waals surface area contributed by atoms with Gasteiger partial charge in [0.15, 0.2) is 0 Å². The molecule has 0 atom stereocenters.